The van der Waals surface area contributed by atoms with Crippen molar-refractivity contribution in [3.8, 4) is 0 Å². The maximum absolute atomic E-state index is 17.0. The molecule has 0 amide bonds. The van der Waals surface area contributed by atoms with Crippen molar-refractivity contribution in [2.24, 2.45) is 0 Å². The normalized spacial score (nSPS) is 26.5. The van der Waals surface area contributed by atoms with Crippen LogP contribution in [0.3, 0.4) is 0 Å². The molecule has 1 aliphatic rings. The minimum absolute atomic E-state index is 0.0807. The zero-order chi connectivity index (χ0) is 27.2. The molecule has 8 heteroatoms. The Hall–Kier alpha value is -1.19. The van der Waals surface area contributed by atoms with Gasteiger partial charge in [0.25, 0.3) is 0 Å². The molecule has 0 aliphatic carbocycles. The van der Waals surface area contributed by atoms with Gasteiger partial charge in [0.2, 0.25) is 0 Å². The highest BCUT2D eigenvalue weighted by molar-refractivity contribution is 5.25. The van der Waals surface area contributed by atoms with Crippen molar-refractivity contribution in [2.75, 3.05) is 33.0 Å². The maximum atomic E-state index is 17.0. The summed E-state index contributed by atoms with van der Waals surface area (Å²) in [6, 6.07) is 6.94. The smallest absolute Gasteiger partial charge is 0.333 e. The average molecular weight is 533 g/mol. The summed E-state index contributed by atoms with van der Waals surface area (Å²) in [6.07, 6.45) is 1.60. The molecule has 0 radical (unpaired) electrons. The van der Waals surface area contributed by atoms with E-state index in [1.54, 1.807) is 6.07 Å². The average Bonchev–Trinajstić information content (AvgIpc) is 2.90. The lowest BCUT2D eigenvalue weighted by atomic mass is 9.86. The van der Waals surface area contributed by atoms with Crippen LogP contribution in [0.25, 0.3) is 0 Å². The molecule has 2 rings (SSSR count). The summed E-state index contributed by atoms with van der Waals surface area (Å²) in [5.74, 6) is -7.49. The first-order valence-electron chi connectivity index (χ1n) is 14.1. The SMILES string of the molecule is CCCCOC[C@H]1OC(F)(C(F)(F)c2ccccc2)[C@H](OCCCC)[C@@H](OCCCC)[C@@H]1OCCCC. The van der Waals surface area contributed by atoms with Crippen molar-refractivity contribution in [1.82, 2.24) is 0 Å². The van der Waals surface area contributed by atoms with E-state index < -0.39 is 41.8 Å². The van der Waals surface area contributed by atoms with E-state index in [0.29, 0.717) is 26.1 Å². The lowest BCUT2D eigenvalue weighted by Crippen LogP contribution is -2.70. The van der Waals surface area contributed by atoms with Gasteiger partial charge in [0, 0.05) is 32.0 Å². The van der Waals surface area contributed by atoms with Crippen LogP contribution in [0.15, 0.2) is 30.3 Å². The third-order valence-corrected chi connectivity index (χ3v) is 6.58. The molecule has 0 bridgehead atoms. The van der Waals surface area contributed by atoms with Gasteiger partial charge < -0.3 is 23.7 Å². The van der Waals surface area contributed by atoms with Gasteiger partial charge in [-0.1, -0.05) is 83.7 Å². The largest absolute Gasteiger partial charge is 0.379 e. The Bertz CT molecular complexity index is 723. The Kier molecular flexibility index (Phi) is 14.5. The Morgan fingerprint density at radius 2 is 1.27 bits per heavy atom. The molecule has 1 saturated heterocycles. The first-order valence-corrected chi connectivity index (χ1v) is 14.1. The number of halogens is 3. The molecule has 5 atom stereocenters. The lowest BCUT2D eigenvalue weighted by molar-refractivity contribution is -0.400. The predicted octanol–water partition coefficient (Wildman–Crippen LogP) is 7.22. The summed E-state index contributed by atoms with van der Waals surface area (Å²) in [4.78, 5) is 0. The molecule has 5 nitrogen and oxygen atoms in total. The molecule has 1 aromatic carbocycles. The summed E-state index contributed by atoms with van der Waals surface area (Å²) in [5, 5.41) is 0. The van der Waals surface area contributed by atoms with Crippen LogP contribution < -0.4 is 0 Å². The lowest BCUT2D eigenvalue weighted by Gasteiger charge is -2.51. The molecule has 1 aliphatic heterocycles. The van der Waals surface area contributed by atoms with Gasteiger partial charge in [-0.15, -0.1) is 0 Å². The monoisotopic (exact) mass is 532 g/mol. The number of rotatable bonds is 19. The van der Waals surface area contributed by atoms with E-state index in [1.807, 2.05) is 27.7 Å². The number of alkyl halides is 3. The van der Waals surface area contributed by atoms with E-state index >= 15 is 13.2 Å². The summed E-state index contributed by atoms with van der Waals surface area (Å²) < 4.78 is 78.8. The molecule has 214 valence electrons. The van der Waals surface area contributed by atoms with Gasteiger partial charge in [-0.3, -0.25) is 0 Å². The van der Waals surface area contributed by atoms with Crippen molar-refractivity contribution in [3.05, 3.63) is 35.9 Å². The zero-order valence-electron chi connectivity index (χ0n) is 23.1. The summed E-state index contributed by atoms with van der Waals surface area (Å²) in [6.45, 7) is 9.12. The fraction of sp³-hybridized carbons (Fsp3) is 0.793. The molecule has 1 fully saturated rings. The fourth-order valence-corrected chi connectivity index (χ4v) is 4.29. The van der Waals surface area contributed by atoms with Gasteiger partial charge in [0.15, 0.2) is 6.10 Å². The quantitative estimate of drug-likeness (QED) is 0.176. The van der Waals surface area contributed by atoms with Crippen LogP contribution in [0, 0.1) is 0 Å². The highest BCUT2D eigenvalue weighted by atomic mass is 19.3. The second-order valence-corrected chi connectivity index (χ2v) is 9.69. The van der Waals surface area contributed by atoms with Crippen LogP contribution in [-0.2, 0) is 29.6 Å². The van der Waals surface area contributed by atoms with Gasteiger partial charge in [0.1, 0.15) is 18.3 Å². The first kappa shape index (κ1) is 32.0. The summed E-state index contributed by atoms with van der Waals surface area (Å²) in [5.41, 5.74) is -0.482. The Balaban J connectivity index is 2.51. The Morgan fingerprint density at radius 3 is 1.84 bits per heavy atom. The van der Waals surface area contributed by atoms with Crippen molar-refractivity contribution < 1.29 is 36.9 Å². The van der Waals surface area contributed by atoms with Crippen LogP contribution >= 0.6 is 0 Å². The van der Waals surface area contributed by atoms with E-state index in [4.69, 9.17) is 23.7 Å². The van der Waals surface area contributed by atoms with Gasteiger partial charge in [-0.2, -0.15) is 8.78 Å². The van der Waals surface area contributed by atoms with E-state index in [2.05, 4.69) is 0 Å². The minimum Gasteiger partial charge on any atom is -0.379 e. The molecule has 0 N–H and O–H groups in total. The minimum atomic E-state index is -4.01. The van der Waals surface area contributed by atoms with Crippen molar-refractivity contribution in [2.45, 2.75) is 115 Å². The Labute approximate surface area is 221 Å². The molecule has 1 aromatic rings. The van der Waals surface area contributed by atoms with Crippen LogP contribution in [0.1, 0.15) is 84.6 Å². The Morgan fingerprint density at radius 1 is 0.757 bits per heavy atom. The van der Waals surface area contributed by atoms with Gasteiger partial charge in [0.05, 0.1) is 6.61 Å². The number of benzene rings is 1. The van der Waals surface area contributed by atoms with Crippen LogP contribution in [-0.4, -0.2) is 63.3 Å². The molecule has 0 saturated carbocycles. The number of unbranched alkanes of at least 4 members (excludes halogenated alkanes) is 4. The van der Waals surface area contributed by atoms with E-state index in [-0.39, 0.29) is 19.8 Å². The summed E-state index contributed by atoms with van der Waals surface area (Å²) >= 11 is 0. The standard InChI is InChI=1S/C29H47F3O5/c1-5-9-18-33-22-24-25(34-19-10-6-2)26(35-20-11-7-3)27(36-21-12-8-4)29(32,37-24)28(30,31)23-16-14-13-15-17-23/h13-17,24-27H,5-12,18-22H2,1-4H3/t24-,25-,26+,27-,29?/m1/s1. The number of hydrogen-bond donors (Lipinski definition) is 0. The second kappa shape index (κ2) is 16.7. The van der Waals surface area contributed by atoms with Crippen molar-refractivity contribution >= 4 is 0 Å². The third kappa shape index (κ3) is 8.65. The number of hydrogen-bond acceptors (Lipinski definition) is 5. The predicted molar refractivity (Wildman–Crippen MR) is 139 cm³/mol. The molecule has 1 unspecified atom stereocenters. The molecule has 0 spiro atoms. The maximum Gasteiger partial charge on any atom is 0.333 e. The van der Waals surface area contributed by atoms with E-state index in [1.165, 1.54) is 24.3 Å². The topological polar surface area (TPSA) is 46.2 Å². The van der Waals surface area contributed by atoms with Gasteiger partial charge in [-0.25, -0.2) is 4.39 Å². The van der Waals surface area contributed by atoms with Crippen LogP contribution in [0.5, 0.6) is 0 Å². The molecular formula is C29H47F3O5. The highest BCUT2D eigenvalue weighted by Gasteiger charge is 2.70. The number of ether oxygens (including phenoxy) is 5. The second-order valence-electron chi connectivity index (χ2n) is 9.69. The molecular weight excluding hydrogens is 485 g/mol. The van der Waals surface area contributed by atoms with Crippen LogP contribution in [0.2, 0.25) is 0 Å². The summed E-state index contributed by atoms with van der Waals surface area (Å²) in [7, 11) is 0. The van der Waals surface area contributed by atoms with E-state index in [9.17, 15) is 0 Å². The highest BCUT2D eigenvalue weighted by Crippen LogP contribution is 2.50. The molecule has 1 heterocycles. The van der Waals surface area contributed by atoms with Crippen molar-refractivity contribution in [3.63, 3.8) is 0 Å². The van der Waals surface area contributed by atoms with Crippen molar-refractivity contribution in [1.29, 1.82) is 0 Å². The third-order valence-electron chi connectivity index (χ3n) is 6.58. The molecule has 0 aromatic heterocycles. The van der Waals surface area contributed by atoms with Crippen LogP contribution in [0.4, 0.5) is 13.2 Å². The molecule has 37 heavy (non-hydrogen) atoms. The van der Waals surface area contributed by atoms with Gasteiger partial charge >= 0.3 is 11.8 Å². The van der Waals surface area contributed by atoms with E-state index in [0.717, 1.165) is 38.5 Å². The van der Waals surface area contributed by atoms with Gasteiger partial charge in [-0.05, 0) is 25.7 Å². The fourth-order valence-electron chi connectivity index (χ4n) is 4.29. The zero-order valence-corrected chi connectivity index (χ0v) is 23.1. The first-order chi connectivity index (χ1) is 17.9.